The van der Waals surface area contributed by atoms with Crippen molar-refractivity contribution in [1.29, 1.82) is 0 Å². The Hall–Kier alpha value is -1.43. The fourth-order valence-corrected chi connectivity index (χ4v) is 3.81. The highest BCUT2D eigenvalue weighted by atomic mass is 35.5. The molecule has 0 spiro atoms. The van der Waals surface area contributed by atoms with Gasteiger partial charge in [-0.05, 0) is 49.1 Å². The van der Waals surface area contributed by atoms with Gasteiger partial charge in [-0.1, -0.05) is 23.7 Å². The van der Waals surface area contributed by atoms with E-state index in [1.807, 2.05) is 12.1 Å². The van der Waals surface area contributed by atoms with Crippen LogP contribution in [0.25, 0.3) is 0 Å². The van der Waals surface area contributed by atoms with Crippen molar-refractivity contribution in [1.82, 2.24) is 9.71 Å². The van der Waals surface area contributed by atoms with Crippen LogP contribution in [0.1, 0.15) is 35.6 Å². The lowest BCUT2D eigenvalue weighted by Gasteiger charge is -2.10. The zero-order valence-electron chi connectivity index (χ0n) is 12.2. The van der Waals surface area contributed by atoms with E-state index in [9.17, 15) is 8.42 Å². The molecule has 0 unspecified atom stereocenters. The van der Waals surface area contributed by atoms with E-state index in [1.54, 1.807) is 31.3 Å². The number of hydrogen-bond donors (Lipinski definition) is 1. The van der Waals surface area contributed by atoms with Crippen LogP contribution in [0.2, 0.25) is 5.02 Å². The van der Waals surface area contributed by atoms with Gasteiger partial charge >= 0.3 is 0 Å². The number of hydrogen-bond acceptors (Lipinski definition) is 3. The van der Waals surface area contributed by atoms with Crippen LogP contribution in [0.4, 0.5) is 0 Å². The van der Waals surface area contributed by atoms with Crippen LogP contribution < -0.4 is 4.72 Å². The van der Waals surface area contributed by atoms with E-state index >= 15 is 0 Å². The van der Waals surface area contributed by atoms with Crippen LogP contribution in [0.5, 0.6) is 0 Å². The van der Waals surface area contributed by atoms with Gasteiger partial charge in [0, 0.05) is 29.4 Å². The van der Waals surface area contributed by atoms with E-state index in [-0.39, 0.29) is 11.4 Å². The topological polar surface area (TPSA) is 59.1 Å². The lowest BCUT2D eigenvalue weighted by atomic mass is 10.2. The fourth-order valence-electron chi connectivity index (χ4n) is 2.30. The van der Waals surface area contributed by atoms with Gasteiger partial charge < -0.3 is 0 Å². The summed E-state index contributed by atoms with van der Waals surface area (Å²) in [5.74, 6) is 0.597. The summed E-state index contributed by atoms with van der Waals surface area (Å²) in [6, 6.07) is 8.77. The normalized spacial score (nSPS) is 15.0. The number of nitrogens with zero attached hydrogens (tertiary/aromatic N) is 1. The Morgan fingerprint density at radius 1 is 1.27 bits per heavy atom. The van der Waals surface area contributed by atoms with Crippen molar-refractivity contribution in [2.75, 3.05) is 0 Å². The molecule has 0 bridgehead atoms. The maximum absolute atomic E-state index is 12.4. The second-order valence-corrected chi connectivity index (χ2v) is 7.70. The van der Waals surface area contributed by atoms with E-state index in [2.05, 4.69) is 9.71 Å². The smallest absolute Gasteiger partial charge is 0.241 e. The van der Waals surface area contributed by atoms with Crippen LogP contribution in [0, 0.1) is 6.92 Å². The maximum Gasteiger partial charge on any atom is 0.241 e. The summed E-state index contributed by atoms with van der Waals surface area (Å²) in [5, 5.41) is 0.443. The second-order valence-electron chi connectivity index (χ2n) is 5.55. The van der Waals surface area contributed by atoms with Gasteiger partial charge in [0.25, 0.3) is 0 Å². The Morgan fingerprint density at radius 2 is 2.05 bits per heavy atom. The average molecular weight is 337 g/mol. The second kappa shape index (κ2) is 5.99. The predicted octanol–water partition coefficient (Wildman–Crippen LogP) is 3.40. The molecule has 22 heavy (non-hydrogen) atoms. The summed E-state index contributed by atoms with van der Waals surface area (Å²) < 4.78 is 27.3. The summed E-state index contributed by atoms with van der Waals surface area (Å²) in [6.07, 6.45) is 4.14. The van der Waals surface area contributed by atoms with E-state index in [0.717, 1.165) is 11.3 Å². The van der Waals surface area contributed by atoms with E-state index in [0.29, 0.717) is 16.5 Å². The van der Waals surface area contributed by atoms with Gasteiger partial charge in [-0.15, -0.1) is 0 Å². The highest BCUT2D eigenvalue weighted by molar-refractivity contribution is 7.89. The number of benzene rings is 1. The number of aromatic nitrogens is 1. The molecule has 6 heteroatoms. The average Bonchev–Trinajstić information content (AvgIpc) is 3.33. The zero-order valence-corrected chi connectivity index (χ0v) is 13.8. The van der Waals surface area contributed by atoms with Gasteiger partial charge in [0.2, 0.25) is 10.0 Å². The minimum absolute atomic E-state index is 0.211. The van der Waals surface area contributed by atoms with Crippen molar-refractivity contribution in [3.63, 3.8) is 0 Å². The number of sulfonamides is 1. The molecule has 2 aromatic rings. The van der Waals surface area contributed by atoms with Crippen molar-refractivity contribution < 1.29 is 8.42 Å². The molecule has 0 amide bonds. The highest BCUT2D eigenvalue weighted by Gasteiger charge is 2.24. The van der Waals surface area contributed by atoms with Gasteiger partial charge in [-0.3, -0.25) is 4.98 Å². The Bertz CT molecular complexity index is 784. The Balaban J connectivity index is 1.72. The number of pyridine rings is 1. The van der Waals surface area contributed by atoms with Crippen LogP contribution in [0.3, 0.4) is 0 Å². The summed E-state index contributed by atoms with van der Waals surface area (Å²) in [7, 11) is -3.59. The molecule has 0 saturated heterocycles. The first-order valence-corrected chi connectivity index (χ1v) is 9.03. The molecule has 1 aliphatic carbocycles. The third kappa shape index (κ3) is 3.32. The molecule has 4 nitrogen and oxygen atoms in total. The third-order valence-corrected chi connectivity index (χ3v) is 5.77. The molecule has 0 atom stereocenters. The Kier molecular flexibility index (Phi) is 4.21. The summed E-state index contributed by atoms with van der Waals surface area (Å²) in [5.41, 5.74) is 2.49. The van der Waals surface area contributed by atoms with Crippen LogP contribution >= 0.6 is 11.6 Å². The van der Waals surface area contributed by atoms with Crippen molar-refractivity contribution in [2.24, 2.45) is 0 Å². The molecular weight excluding hydrogens is 320 g/mol. The summed E-state index contributed by atoms with van der Waals surface area (Å²) in [6.45, 7) is 1.91. The SMILES string of the molecule is Cc1c(Cl)cccc1S(=O)(=O)NCc1ccc(C2CC2)nc1. The van der Waals surface area contributed by atoms with E-state index < -0.39 is 10.0 Å². The molecule has 1 fully saturated rings. The molecule has 3 rings (SSSR count). The quantitative estimate of drug-likeness (QED) is 0.910. The van der Waals surface area contributed by atoms with Crippen molar-refractivity contribution in [3.05, 3.63) is 58.4 Å². The standard InChI is InChI=1S/C16H17ClN2O2S/c1-11-14(17)3-2-4-16(11)22(20,21)19-10-12-5-8-15(18-9-12)13-6-7-13/h2-5,8-9,13,19H,6-7,10H2,1H3. The van der Waals surface area contributed by atoms with Crippen molar-refractivity contribution in [2.45, 2.75) is 37.1 Å². The number of nitrogens with one attached hydrogen (secondary N) is 1. The molecule has 0 radical (unpaired) electrons. The van der Waals surface area contributed by atoms with Crippen molar-refractivity contribution in [3.8, 4) is 0 Å². The first-order chi connectivity index (χ1) is 10.5. The molecule has 0 aliphatic heterocycles. The minimum atomic E-state index is -3.59. The van der Waals surface area contributed by atoms with Gasteiger partial charge in [-0.2, -0.15) is 0 Å². The Morgan fingerprint density at radius 3 is 2.68 bits per heavy atom. The molecule has 1 heterocycles. The monoisotopic (exact) mass is 336 g/mol. The predicted molar refractivity (Wildman–Crippen MR) is 86.4 cm³/mol. The summed E-state index contributed by atoms with van der Waals surface area (Å²) in [4.78, 5) is 4.60. The third-order valence-electron chi connectivity index (χ3n) is 3.82. The summed E-state index contributed by atoms with van der Waals surface area (Å²) >= 11 is 5.99. The lowest BCUT2D eigenvalue weighted by Crippen LogP contribution is -2.24. The minimum Gasteiger partial charge on any atom is -0.261 e. The molecule has 1 aromatic heterocycles. The lowest BCUT2D eigenvalue weighted by molar-refractivity contribution is 0.580. The molecule has 1 aliphatic rings. The molecule has 116 valence electrons. The first-order valence-electron chi connectivity index (χ1n) is 7.17. The maximum atomic E-state index is 12.4. The molecule has 1 aromatic carbocycles. The number of rotatable bonds is 5. The van der Waals surface area contributed by atoms with Gasteiger partial charge in [-0.25, -0.2) is 13.1 Å². The molecular formula is C16H17ClN2O2S. The van der Waals surface area contributed by atoms with Gasteiger partial charge in [0.1, 0.15) is 0 Å². The van der Waals surface area contributed by atoms with E-state index in [4.69, 9.17) is 11.6 Å². The fraction of sp³-hybridized carbons (Fsp3) is 0.312. The molecule has 1 saturated carbocycles. The van der Waals surface area contributed by atoms with Crippen LogP contribution in [0.15, 0.2) is 41.4 Å². The van der Waals surface area contributed by atoms with Crippen LogP contribution in [-0.4, -0.2) is 13.4 Å². The largest absolute Gasteiger partial charge is 0.261 e. The van der Waals surface area contributed by atoms with Crippen LogP contribution in [-0.2, 0) is 16.6 Å². The van der Waals surface area contributed by atoms with Gasteiger partial charge in [0.15, 0.2) is 0 Å². The highest BCUT2D eigenvalue weighted by Crippen LogP contribution is 2.38. The molecule has 1 N–H and O–H groups in total. The first kappa shape index (κ1) is 15.5. The van der Waals surface area contributed by atoms with Crippen molar-refractivity contribution >= 4 is 21.6 Å². The van der Waals surface area contributed by atoms with Gasteiger partial charge in [0.05, 0.1) is 4.90 Å². The van der Waals surface area contributed by atoms with E-state index in [1.165, 1.54) is 12.8 Å². The Labute approximate surface area is 135 Å². The zero-order chi connectivity index (χ0) is 15.7. The number of halogens is 1.